The van der Waals surface area contributed by atoms with Crippen molar-refractivity contribution >= 4 is 11.8 Å². The molecule has 0 radical (unpaired) electrons. The highest BCUT2D eigenvalue weighted by Crippen LogP contribution is 2.39. The predicted octanol–water partition coefficient (Wildman–Crippen LogP) is 4.59. The molecule has 0 spiro atoms. The van der Waals surface area contributed by atoms with Crippen molar-refractivity contribution in [3.05, 3.63) is 22.5 Å². The van der Waals surface area contributed by atoms with Gasteiger partial charge < -0.3 is 0 Å². The minimum absolute atomic E-state index is 0.267. The molecule has 1 heteroatoms. The highest BCUT2D eigenvalue weighted by molar-refractivity contribution is 8.05. The number of thioether (sulfide) groups is 1. The van der Waals surface area contributed by atoms with Crippen molar-refractivity contribution in [2.45, 2.75) is 40.5 Å². The molecular weight excluding hydrogens is 176 g/mol. The molecular formula is C12H20S. The first-order valence-electron chi connectivity index (χ1n) is 5.16. The van der Waals surface area contributed by atoms with Crippen molar-refractivity contribution in [1.29, 1.82) is 0 Å². The standard InChI is InChI=1S/C12H20S/c1-5-10(6-2)11-9-12(3,4)7-8-13-11/h7-10H,5-6H2,1-4H3. The largest absolute Gasteiger partial charge is 0.103 e. The first-order chi connectivity index (χ1) is 6.09. The van der Waals surface area contributed by atoms with Crippen LogP contribution in [0.2, 0.25) is 0 Å². The van der Waals surface area contributed by atoms with Gasteiger partial charge in [-0.15, -0.1) is 11.8 Å². The fourth-order valence-corrected chi connectivity index (χ4v) is 3.12. The van der Waals surface area contributed by atoms with E-state index in [0.717, 1.165) is 5.92 Å². The zero-order valence-corrected chi connectivity index (χ0v) is 9.95. The molecule has 0 nitrogen and oxygen atoms in total. The first-order valence-corrected chi connectivity index (χ1v) is 6.04. The Bertz CT molecular complexity index is 219. The fourth-order valence-electron chi connectivity index (χ4n) is 1.64. The van der Waals surface area contributed by atoms with E-state index in [-0.39, 0.29) is 5.41 Å². The summed E-state index contributed by atoms with van der Waals surface area (Å²) in [6, 6.07) is 0. The summed E-state index contributed by atoms with van der Waals surface area (Å²) in [6.45, 7) is 9.10. The minimum atomic E-state index is 0.267. The molecule has 0 aromatic heterocycles. The Hall–Kier alpha value is -0.170. The van der Waals surface area contributed by atoms with Crippen LogP contribution in [-0.4, -0.2) is 0 Å². The molecule has 0 unspecified atom stereocenters. The SMILES string of the molecule is CCC(CC)C1=CC(C)(C)C=CS1. The van der Waals surface area contributed by atoms with Crippen LogP contribution in [0.3, 0.4) is 0 Å². The second-order valence-corrected chi connectivity index (χ2v) is 5.28. The van der Waals surface area contributed by atoms with Gasteiger partial charge in [0, 0.05) is 5.41 Å². The molecule has 0 atom stereocenters. The topological polar surface area (TPSA) is 0 Å². The molecule has 0 aliphatic carbocycles. The van der Waals surface area contributed by atoms with Gasteiger partial charge in [0.1, 0.15) is 0 Å². The number of hydrogen-bond donors (Lipinski definition) is 0. The molecule has 0 aromatic carbocycles. The molecule has 0 fully saturated rings. The van der Waals surface area contributed by atoms with Gasteiger partial charge in [0.15, 0.2) is 0 Å². The van der Waals surface area contributed by atoms with Gasteiger partial charge in [0.2, 0.25) is 0 Å². The highest BCUT2D eigenvalue weighted by atomic mass is 32.2. The molecule has 0 saturated carbocycles. The molecule has 1 heterocycles. The Kier molecular flexibility index (Phi) is 3.66. The lowest BCUT2D eigenvalue weighted by molar-refractivity contribution is 0.566. The Labute approximate surface area is 86.5 Å². The van der Waals surface area contributed by atoms with Crippen LogP contribution in [0.15, 0.2) is 22.5 Å². The van der Waals surface area contributed by atoms with Crippen LogP contribution >= 0.6 is 11.8 Å². The Morgan fingerprint density at radius 1 is 1.31 bits per heavy atom. The van der Waals surface area contributed by atoms with Gasteiger partial charge in [-0.1, -0.05) is 39.8 Å². The monoisotopic (exact) mass is 196 g/mol. The van der Waals surface area contributed by atoms with Gasteiger partial charge in [-0.2, -0.15) is 0 Å². The van der Waals surface area contributed by atoms with Gasteiger partial charge in [-0.3, -0.25) is 0 Å². The van der Waals surface area contributed by atoms with Crippen molar-refractivity contribution in [1.82, 2.24) is 0 Å². The third kappa shape index (κ3) is 2.91. The van der Waals surface area contributed by atoms with E-state index in [4.69, 9.17) is 0 Å². The molecule has 74 valence electrons. The minimum Gasteiger partial charge on any atom is -0.103 e. The van der Waals surface area contributed by atoms with E-state index in [1.54, 1.807) is 4.91 Å². The average molecular weight is 196 g/mol. The van der Waals surface area contributed by atoms with Gasteiger partial charge in [-0.05, 0) is 29.1 Å². The zero-order chi connectivity index (χ0) is 9.90. The van der Waals surface area contributed by atoms with Crippen LogP contribution in [0, 0.1) is 11.3 Å². The van der Waals surface area contributed by atoms with E-state index in [2.05, 4.69) is 45.3 Å². The maximum Gasteiger partial charge on any atom is 0.00238 e. The summed E-state index contributed by atoms with van der Waals surface area (Å²) in [5.74, 6) is 0.772. The van der Waals surface area contributed by atoms with Crippen LogP contribution in [0.5, 0.6) is 0 Å². The Morgan fingerprint density at radius 2 is 1.92 bits per heavy atom. The van der Waals surface area contributed by atoms with Crippen LogP contribution in [-0.2, 0) is 0 Å². The van der Waals surface area contributed by atoms with Crippen molar-refractivity contribution < 1.29 is 0 Å². The lowest BCUT2D eigenvalue weighted by Crippen LogP contribution is -2.10. The summed E-state index contributed by atoms with van der Waals surface area (Å²) in [7, 11) is 0. The summed E-state index contributed by atoms with van der Waals surface area (Å²) in [4.78, 5) is 1.57. The lowest BCUT2D eigenvalue weighted by Gasteiger charge is -2.25. The predicted molar refractivity (Wildman–Crippen MR) is 62.7 cm³/mol. The van der Waals surface area contributed by atoms with E-state index in [9.17, 15) is 0 Å². The van der Waals surface area contributed by atoms with Crippen molar-refractivity contribution in [3.63, 3.8) is 0 Å². The van der Waals surface area contributed by atoms with E-state index >= 15 is 0 Å². The molecule has 13 heavy (non-hydrogen) atoms. The van der Waals surface area contributed by atoms with Crippen molar-refractivity contribution in [2.24, 2.45) is 11.3 Å². The Morgan fingerprint density at radius 3 is 2.38 bits per heavy atom. The second kappa shape index (κ2) is 4.36. The molecule has 0 saturated heterocycles. The van der Waals surface area contributed by atoms with Crippen LogP contribution in [0.25, 0.3) is 0 Å². The fraction of sp³-hybridized carbons (Fsp3) is 0.667. The third-order valence-corrected chi connectivity index (χ3v) is 3.60. The first kappa shape index (κ1) is 10.9. The van der Waals surface area contributed by atoms with Crippen molar-refractivity contribution in [3.8, 4) is 0 Å². The molecule has 1 aliphatic rings. The van der Waals surface area contributed by atoms with Gasteiger partial charge in [-0.25, -0.2) is 0 Å². The summed E-state index contributed by atoms with van der Waals surface area (Å²) < 4.78 is 0. The van der Waals surface area contributed by atoms with Gasteiger partial charge in [0.05, 0.1) is 0 Å². The van der Waals surface area contributed by atoms with Gasteiger partial charge >= 0.3 is 0 Å². The van der Waals surface area contributed by atoms with Gasteiger partial charge in [0.25, 0.3) is 0 Å². The number of hydrogen-bond acceptors (Lipinski definition) is 1. The normalized spacial score (nSPS) is 20.5. The summed E-state index contributed by atoms with van der Waals surface area (Å²) in [5, 5.41) is 2.24. The number of allylic oxidation sites excluding steroid dienone is 3. The lowest BCUT2D eigenvalue weighted by atomic mass is 9.90. The van der Waals surface area contributed by atoms with E-state index in [1.807, 2.05) is 11.8 Å². The van der Waals surface area contributed by atoms with E-state index < -0.39 is 0 Å². The van der Waals surface area contributed by atoms with E-state index in [0.29, 0.717) is 0 Å². The summed E-state index contributed by atoms with van der Waals surface area (Å²) in [6.07, 6.45) is 7.23. The third-order valence-electron chi connectivity index (χ3n) is 2.60. The van der Waals surface area contributed by atoms with Crippen LogP contribution < -0.4 is 0 Å². The maximum atomic E-state index is 2.43. The quantitative estimate of drug-likeness (QED) is 0.636. The number of rotatable bonds is 3. The molecule has 0 N–H and O–H groups in total. The van der Waals surface area contributed by atoms with Crippen LogP contribution in [0.1, 0.15) is 40.5 Å². The maximum absolute atomic E-state index is 2.43. The van der Waals surface area contributed by atoms with Crippen molar-refractivity contribution in [2.75, 3.05) is 0 Å². The molecule has 0 bridgehead atoms. The van der Waals surface area contributed by atoms with Crippen LogP contribution in [0.4, 0.5) is 0 Å². The summed E-state index contributed by atoms with van der Waals surface area (Å²) in [5.41, 5.74) is 0.267. The average Bonchev–Trinajstić information content (AvgIpc) is 2.05. The molecule has 1 aliphatic heterocycles. The molecule has 1 rings (SSSR count). The van der Waals surface area contributed by atoms with E-state index in [1.165, 1.54) is 12.8 Å². The summed E-state index contributed by atoms with van der Waals surface area (Å²) >= 11 is 1.90. The second-order valence-electron chi connectivity index (χ2n) is 4.30. The Balaban J connectivity index is 2.76. The molecule has 0 aromatic rings. The zero-order valence-electron chi connectivity index (χ0n) is 9.13. The smallest absolute Gasteiger partial charge is 0.00238 e. The highest BCUT2D eigenvalue weighted by Gasteiger charge is 2.19. The molecule has 0 amide bonds.